The number of anilines is 1. The summed E-state index contributed by atoms with van der Waals surface area (Å²) in [6, 6.07) is 20.4. The van der Waals surface area contributed by atoms with Gasteiger partial charge in [-0.05, 0) is 62.1 Å². The lowest BCUT2D eigenvalue weighted by Gasteiger charge is -2.19. The molecule has 0 fully saturated rings. The van der Waals surface area contributed by atoms with Crippen LogP contribution in [0.2, 0.25) is 0 Å². The minimum atomic E-state index is -3.57. The predicted octanol–water partition coefficient (Wildman–Crippen LogP) is 4.62. The van der Waals surface area contributed by atoms with Crippen LogP contribution in [0.25, 0.3) is 10.9 Å². The molecule has 0 radical (unpaired) electrons. The summed E-state index contributed by atoms with van der Waals surface area (Å²) in [6.45, 7) is 7.72. The van der Waals surface area contributed by atoms with Gasteiger partial charge in [-0.1, -0.05) is 48.5 Å². The first kappa shape index (κ1) is 32.8. The topological polar surface area (TPSA) is 133 Å². The molecule has 3 aromatic carbocycles. The molecule has 1 amide bonds. The second-order valence-electron chi connectivity index (χ2n) is 10.8. The Morgan fingerprint density at radius 1 is 1.00 bits per heavy atom. The third-order valence-corrected chi connectivity index (χ3v) is 7.93. The standard InChI is InChI=1S/C33H42N4O6S/c1-5-37(6-2)32(39)22-43-31-14-10-13-27-26(19-35-33(27)31)17-23(3)34-20-29(38)25-15-16-30(28(18-25)36-44(4,40)41)42-21-24-11-8-7-9-12-24/h7-16,18-19,23,29,34-36,38H,5-6,17,20-22H2,1-4H3/t23?,29-/m0/s1. The summed E-state index contributed by atoms with van der Waals surface area (Å²) >= 11 is 0. The third kappa shape index (κ3) is 8.98. The van der Waals surface area contributed by atoms with E-state index < -0.39 is 16.1 Å². The Morgan fingerprint density at radius 3 is 2.45 bits per heavy atom. The number of benzene rings is 3. The van der Waals surface area contributed by atoms with Crippen molar-refractivity contribution in [1.29, 1.82) is 0 Å². The maximum atomic E-state index is 12.4. The number of aliphatic hydroxyl groups excluding tert-OH is 1. The van der Waals surface area contributed by atoms with E-state index in [9.17, 15) is 18.3 Å². The van der Waals surface area contributed by atoms with Crippen LogP contribution in [0.3, 0.4) is 0 Å². The number of para-hydroxylation sites is 1. The quantitative estimate of drug-likeness (QED) is 0.143. The summed E-state index contributed by atoms with van der Waals surface area (Å²) in [7, 11) is -3.57. The van der Waals surface area contributed by atoms with Crippen molar-refractivity contribution >= 4 is 32.5 Å². The van der Waals surface area contributed by atoms with Crippen molar-refractivity contribution < 1.29 is 27.8 Å². The number of fused-ring (bicyclic) bond motifs is 1. The zero-order chi connectivity index (χ0) is 31.7. The van der Waals surface area contributed by atoms with Crippen molar-refractivity contribution in [3.8, 4) is 11.5 Å². The van der Waals surface area contributed by atoms with Gasteiger partial charge >= 0.3 is 0 Å². The number of aliphatic hydroxyl groups is 1. The van der Waals surface area contributed by atoms with Crippen molar-refractivity contribution in [3.05, 3.63) is 89.6 Å². The molecule has 0 bridgehead atoms. The van der Waals surface area contributed by atoms with Crippen molar-refractivity contribution in [2.24, 2.45) is 0 Å². The fraction of sp³-hybridized carbons (Fsp3) is 0.364. The van der Waals surface area contributed by atoms with Crippen LogP contribution in [-0.2, 0) is 27.8 Å². The third-order valence-electron chi connectivity index (χ3n) is 7.34. The number of rotatable bonds is 16. The fourth-order valence-corrected chi connectivity index (χ4v) is 5.57. The molecule has 4 N–H and O–H groups in total. The van der Waals surface area contributed by atoms with Gasteiger partial charge < -0.3 is 29.8 Å². The Bertz CT molecular complexity index is 1640. The highest BCUT2D eigenvalue weighted by molar-refractivity contribution is 7.92. The Balaban J connectivity index is 1.38. The second-order valence-corrected chi connectivity index (χ2v) is 12.5. The SMILES string of the molecule is CCN(CC)C(=O)COc1cccc2c(CC(C)NC[C@H](O)c3ccc(OCc4ccccc4)c(NS(C)(=O)=O)c3)c[nH]c12. The van der Waals surface area contributed by atoms with Crippen LogP contribution in [0.5, 0.6) is 11.5 Å². The maximum absolute atomic E-state index is 12.4. The number of sulfonamides is 1. The first-order valence-corrected chi connectivity index (χ1v) is 16.7. The molecule has 4 aromatic rings. The summed E-state index contributed by atoms with van der Waals surface area (Å²) in [4.78, 5) is 17.4. The molecule has 0 aliphatic carbocycles. The van der Waals surface area contributed by atoms with Gasteiger partial charge in [0, 0.05) is 37.3 Å². The highest BCUT2D eigenvalue weighted by Crippen LogP contribution is 2.31. The van der Waals surface area contributed by atoms with E-state index in [2.05, 4.69) is 15.0 Å². The van der Waals surface area contributed by atoms with Crippen LogP contribution < -0.4 is 19.5 Å². The van der Waals surface area contributed by atoms with E-state index in [0.29, 0.717) is 36.6 Å². The Labute approximate surface area is 259 Å². The Morgan fingerprint density at radius 2 is 1.75 bits per heavy atom. The molecule has 4 rings (SSSR count). The molecule has 0 saturated carbocycles. The number of ether oxygens (including phenoxy) is 2. The zero-order valence-corrected chi connectivity index (χ0v) is 26.5. The van der Waals surface area contributed by atoms with Gasteiger partial charge in [0.25, 0.3) is 5.91 Å². The van der Waals surface area contributed by atoms with E-state index in [0.717, 1.165) is 28.3 Å². The van der Waals surface area contributed by atoms with E-state index in [1.54, 1.807) is 23.1 Å². The monoisotopic (exact) mass is 622 g/mol. The molecule has 0 aliphatic rings. The molecule has 236 valence electrons. The van der Waals surface area contributed by atoms with Crippen LogP contribution in [-0.4, -0.2) is 67.9 Å². The number of carbonyl (C=O) groups is 1. The maximum Gasteiger partial charge on any atom is 0.260 e. The van der Waals surface area contributed by atoms with Crippen LogP contribution in [0, 0.1) is 0 Å². The summed E-state index contributed by atoms with van der Waals surface area (Å²) in [5, 5.41) is 15.4. The first-order chi connectivity index (χ1) is 21.1. The Kier molecular flexibility index (Phi) is 11.3. The van der Waals surface area contributed by atoms with E-state index in [4.69, 9.17) is 9.47 Å². The minimum Gasteiger partial charge on any atom is -0.487 e. The fourth-order valence-electron chi connectivity index (χ4n) is 5.01. The van der Waals surface area contributed by atoms with E-state index in [1.807, 2.05) is 75.5 Å². The van der Waals surface area contributed by atoms with Crippen LogP contribution >= 0.6 is 0 Å². The first-order valence-electron chi connectivity index (χ1n) is 14.8. The van der Waals surface area contributed by atoms with Gasteiger partial charge in [-0.25, -0.2) is 8.42 Å². The van der Waals surface area contributed by atoms with Gasteiger partial charge in [0.2, 0.25) is 10.0 Å². The average molecular weight is 623 g/mol. The molecule has 11 heteroatoms. The highest BCUT2D eigenvalue weighted by Gasteiger charge is 2.17. The summed E-state index contributed by atoms with van der Waals surface area (Å²) in [6.07, 6.45) is 2.82. The van der Waals surface area contributed by atoms with Gasteiger partial charge in [0.1, 0.15) is 18.1 Å². The number of nitrogens with one attached hydrogen (secondary N) is 3. The number of nitrogens with zero attached hydrogens (tertiary/aromatic N) is 1. The normalized spacial score (nSPS) is 12.9. The van der Waals surface area contributed by atoms with Gasteiger partial charge in [0.05, 0.1) is 23.6 Å². The number of carbonyl (C=O) groups excluding carboxylic acids is 1. The number of amides is 1. The van der Waals surface area contributed by atoms with Crippen LogP contribution in [0.15, 0.2) is 72.9 Å². The van der Waals surface area contributed by atoms with Crippen molar-refractivity contribution in [3.63, 3.8) is 0 Å². The number of hydrogen-bond acceptors (Lipinski definition) is 7. The molecular formula is C33H42N4O6S. The lowest BCUT2D eigenvalue weighted by atomic mass is 10.0. The zero-order valence-electron chi connectivity index (χ0n) is 25.7. The summed E-state index contributed by atoms with van der Waals surface area (Å²) in [5.74, 6) is 0.945. The van der Waals surface area contributed by atoms with Crippen LogP contribution in [0.1, 0.15) is 43.6 Å². The lowest BCUT2D eigenvalue weighted by Crippen LogP contribution is -2.34. The number of H-pyrrole nitrogens is 1. The Hall–Kier alpha value is -4.06. The lowest BCUT2D eigenvalue weighted by molar-refractivity contribution is -0.132. The molecule has 1 aromatic heterocycles. The highest BCUT2D eigenvalue weighted by atomic mass is 32.2. The number of aromatic nitrogens is 1. The van der Waals surface area contributed by atoms with Crippen molar-refractivity contribution in [2.45, 2.75) is 45.9 Å². The van der Waals surface area contributed by atoms with E-state index in [1.165, 1.54) is 0 Å². The average Bonchev–Trinajstić information content (AvgIpc) is 3.41. The smallest absolute Gasteiger partial charge is 0.260 e. The van der Waals surface area contributed by atoms with Crippen molar-refractivity contribution in [1.82, 2.24) is 15.2 Å². The molecular weight excluding hydrogens is 580 g/mol. The van der Waals surface area contributed by atoms with E-state index in [-0.39, 0.29) is 37.4 Å². The predicted molar refractivity (Wildman–Crippen MR) is 174 cm³/mol. The van der Waals surface area contributed by atoms with Gasteiger partial charge in [-0.3, -0.25) is 9.52 Å². The number of hydrogen-bond donors (Lipinski definition) is 4. The van der Waals surface area contributed by atoms with Crippen molar-refractivity contribution in [2.75, 3.05) is 37.2 Å². The largest absolute Gasteiger partial charge is 0.487 e. The molecule has 1 heterocycles. The molecule has 0 saturated heterocycles. The van der Waals surface area contributed by atoms with Gasteiger partial charge in [-0.15, -0.1) is 0 Å². The molecule has 1 unspecified atom stereocenters. The molecule has 10 nitrogen and oxygen atoms in total. The summed E-state index contributed by atoms with van der Waals surface area (Å²) < 4.78 is 38.4. The molecule has 0 spiro atoms. The molecule has 2 atom stereocenters. The minimum absolute atomic E-state index is 0.0135. The van der Waals surface area contributed by atoms with Crippen LogP contribution in [0.4, 0.5) is 5.69 Å². The molecule has 44 heavy (non-hydrogen) atoms. The number of likely N-dealkylation sites (N-methyl/N-ethyl adjacent to an activating group) is 1. The van der Waals surface area contributed by atoms with Gasteiger partial charge in [0.15, 0.2) is 6.61 Å². The van der Waals surface area contributed by atoms with E-state index >= 15 is 0 Å². The second kappa shape index (κ2) is 15.1. The van der Waals surface area contributed by atoms with Gasteiger partial charge in [-0.2, -0.15) is 0 Å². The number of aromatic amines is 1. The summed E-state index contributed by atoms with van der Waals surface area (Å²) in [5.41, 5.74) is 3.68. The molecule has 0 aliphatic heterocycles.